The Morgan fingerprint density at radius 3 is 3.16 bits per heavy atom. The smallest absolute Gasteiger partial charge is 0.222 e. The highest BCUT2D eigenvalue weighted by atomic mass is 35.5. The maximum Gasteiger partial charge on any atom is 0.222 e. The van der Waals surface area contributed by atoms with Gasteiger partial charge in [-0.2, -0.15) is 4.98 Å². The van der Waals surface area contributed by atoms with Crippen LogP contribution >= 0.6 is 11.6 Å². The van der Waals surface area contributed by atoms with E-state index in [1.54, 1.807) is 0 Å². The second-order valence-corrected chi connectivity index (χ2v) is 5.49. The van der Waals surface area contributed by atoms with Crippen LogP contribution in [-0.2, 0) is 0 Å². The van der Waals surface area contributed by atoms with E-state index in [1.165, 1.54) is 32.0 Å². The number of anilines is 2. The highest BCUT2D eigenvalue weighted by molar-refractivity contribution is 6.32. The van der Waals surface area contributed by atoms with E-state index in [4.69, 9.17) is 17.3 Å². The summed E-state index contributed by atoms with van der Waals surface area (Å²) in [6, 6.07) is 0.715. The van der Waals surface area contributed by atoms with E-state index in [9.17, 15) is 0 Å². The lowest BCUT2D eigenvalue weighted by molar-refractivity contribution is 0.160. The lowest BCUT2D eigenvalue weighted by Crippen LogP contribution is -2.38. The fraction of sp³-hybridized carbons (Fsp3) is 0.692. The fourth-order valence-corrected chi connectivity index (χ4v) is 2.64. The summed E-state index contributed by atoms with van der Waals surface area (Å²) in [6.45, 7) is 5.50. The van der Waals surface area contributed by atoms with Gasteiger partial charge in [0.15, 0.2) is 0 Å². The fourth-order valence-electron chi connectivity index (χ4n) is 2.48. The number of nitrogens with two attached hydrogens (primary N) is 1. The Labute approximate surface area is 119 Å². The summed E-state index contributed by atoms with van der Waals surface area (Å²) in [5.41, 5.74) is 5.54. The number of hydrogen-bond donors (Lipinski definition) is 2. The van der Waals surface area contributed by atoms with Crippen LogP contribution in [0.5, 0.6) is 0 Å². The van der Waals surface area contributed by atoms with Crippen molar-refractivity contribution < 1.29 is 0 Å². The van der Waals surface area contributed by atoms with E-state index in [0.717, 1.165) is 19.5 Å². The van der Waals surface area contributed by atoms with Crippen molar-refractivity contribution in [1.29, 1.82) is 0 Å². The first-order chi connectivity index (χ1) is 9.16. The minimum atomic E-state index is 0.247. The van der Waals surface area contributed by atoms with Crippen LogP contribution in [0.15, 0.2) is 6.20 Å². The van der Waals surface area contributed by atoms with Crippen LogP contribution in [0.2, 0.25) is 5.02 Å². The molecule has 1 aliphatic heterocycles. The van der Waals surface area contributed by atoms with E-state index in [1.807, 2.05) is 0 Å². The van der Waals surface area contributed by atoms with Crippen LogP contribution in [-0.4, -0.2) is 40.5 Å². The zero-order valence-corrected chi connectivity index (χ0v) is 12.2. The molecule has 0 aliphatic carbocycles. The lowest BCUT2D eigenvalue weighted by Gasteiger charge is -2.33. The SMILES string of the molecule is CC1CCCCN1CCCNc1nc(N)ncc1Cl. The predicted molar refractivity (Wildman–Crippen MR) is 79.4 cm³/mol. The number of aromatic nitrogens is 2. The Bertz CT molecular complexity index is 412. The summed E-state index contributed by atoms with van der Waals surface area (Å²) in [5.74, 6) is 0.873. The molecule has 0 bridgehead atoms. The second kappa shape index (κ2) is 6.91. The third-order valence-corrected chi connectivity index (χ3v) is 3.89. The Morgan fingerprint density at radius 1 is 1.53 bits per heavy atom. The molecule has 1 fully saturated rings. The molecule has 1 aromatic heterocycles. The summed E-state index contributed by atoms with van der Waals surface area (Å²) in [4.78, 5) is 10.5. The minimum Gasteiger partial charge on any atom is -0.369 e. The molecule has 0 spiro atoms. The molecule has 5 nitrogen and oxygen atoms in total. The summed E-state index contributed by atoms with van der Waals surface area (Å²) < 4.78 is 0. The topological polar surface area (TPSA) is 67.1 Å². The number of halogens is 1. The number of nitrogens with one attached hydrogen (secondary N) is 1. The predicted octanol–water partition coefficient (Wildman–Crippen LogP) is 2.39. The van der Waals surface area contributed by atoms with E-state index in [2.05, 4.69) is 27.1 Å². The normalized spacial score (nSPS) is 20.4. The molecule has 0 amide bonds. The van der Waals surface area contributed by atoms with Crippen molar-refractivity contribution in [3.8, 4) is 0 Å². The maximum absolute atomic E-state index is 5.99. The summed E-state index contributed by atoms with van der Waals surface area (Å²) in [6.07, 6.45) is 6.61. The summed E-state index contributed by atoms with van der Waals surface area (Å²) >= 11 is 5.99. The first-order valence-corrected chi connectivity index (χ1v) is 7.30. The molecule has 3 N–H and O–H groups in total. The molecule has 1 aliphatic rings. The Morgan fingerprint density at radius 2 is 2.37 bits per heavy atom. The minimum absolute atomic E-state index is 0.247. The van der Waals surface area contributed by atoms with Crippen LogP contribution in [0.4, 0.5) is 11.8 Å². The van der Waals surface area contributed by atoms with Crippen LogP contribution in [0.3, 0.4) is 0 Å². The van der Waals surface area contributed by atoms with Crippen LogP contribution in [0.25, 0.3) is 0 Å². The highest BCUT2D eigenvalue weighted by Crippen LogP contribution is 2.19. The first-order valence-electron chi connectivity index (χ1n) is 6.93. The summed E-state index contributed by atoms with van der Waals surface area (Å²) in [5, 5.41) is 3.73. The molecule has 1 atom stereocenters. The third-order valence-electron chi connectivity index (χ3n) is 3.62. The molecule has 0 radical (unpaired) electrons. The van der Waals surface area contributed by atoms with Crippen molar-refractivity contribution in [2.45, 2.75) is 38.6 Å². The summed E-state index contributed by atoms with van der Waals surface area (Å²) in [7, 11) is 0. The largest absolute Gasteiger partial charge is 0.369 e. The van der Waals surface area contributed by atoms with Crippen LogP contribution < -0.4 is 11.1 Å². The number of hydrogen-bond acceptors (Lipinski definition) is 5. The van der Waals surface area contributed by atoms with Gasteiger partial charge in [-0.05, 0) is 32.7 Å². The number of nitrogen functional groups attached to an aromatic ring is 1. The van der Waals surface area contributed by atoms with E-state index < -0.39 is 0 Å². The number of piperidine rings is 1. The molecule has 0 aromatic carbocycles. The highest BCUT2D eigenvalue weighted by Gasteiger charge is 2.17. The monoisotopic (exact) mass is 283 g/mol. The van der Waals surface area contributed by atoms with E-state index in [0.29, 0.717) is 16.9 Å². The molecule has 0 saturated carbocycles. The number of nitrogens with zero attached hydrogens (tertiary/aromatic N) is 3. The van der Waals surface area contributed by atoms with E-state index >= 15 is 0 Å². The van der Waals surface area contributed by atoms with Crippen molar-refractivity contribution in [3.63, 3.8) is 0 Å². The molecule has 19 heavy (non-hydrogen) atoms. The van der Waals surface area contributed by atoms with Gasteiger partial charge in [0, 0.05) is 19.1 Å². The molecule has 1 unspecified atom stereocenters. The molecule has 1 aromatic rings. The molecule has 1 saturated heterocycles. The maximum atomic E-state index is 5.99. The molecule has 6 heteroatoms. The Kier molecular flexibility index (Phi) is 5.22. The van der Waals surface area contributed by atoms with Gasteiger partial charge >= 0.3 is 0 Å². The van der Waals surface area contributed by atoms with Crippen molar-refractivity contribution >= 4 is 23.4 Å². The average molecular weight is 284 g/mol. The van der Waals surface area contributed by atoms with Gasteiger partial charge in [0.1, 0.15) is 10.8 Å². The molecule has 2 heterocycles. The van der Waals surface area contributed by atoms with Crippen LogP contribution in [0.1, 0.15) is 32.6 Å². The van der Waals surface area contributed by atoms with Gasteiger partial charge in [0.05, 0.1) is 6.20 Å². The number of rotatable bonds is 5. The molecular weight excluding hydrogens is 262 g/mol. The number of likely N-dealkylation sites (tertiary alicyclic amines) is 1. The lowest BCUT2D eigenvalue weighted by atomic mass is 10.0. The van der Waals surface area contributed by atoms with Gasteiger partial charge in [-0.25, -0.2) is 4.98 Å². The first kappa shape index (κ1) is 14.3. The van der Waals surface area contributed by atoms with Gasteiger partial charge in [-0.3, -0.25) is 0 Å². The Hall–Kier alpha value is -1.07. The average Bonchev–Trinajstić information content (AvgIpc) is 2.40. The molecule has 106 valence electrons. The van der Waals surface area contributed by atoms with Gasteiger partial charge in [0.25, 0.3) is 0 Å². The second-order valence-electron chi connectivity index (χ2n) is 5.09. The standard InChI is InChI=1S/C13H22ClN5/c1-10-5-2-3-7-19(10)8-4-6-16-12-11(14)9-17-13(15)18-12/h9-10H,2-8H2,1H3,(H3,15,16,17,18). The van der Waals surface area contributed by atoms with Crippen LogP contribution in [0, 0.1) is 0 Å². The Balaban J connectivity index is 1.73. The van der Waals surface area contributed by atoms with Gasteiger partial charge in [0.2, 0.25) is 5.95 Å². The molecular formula is C13H22ClN5. The zero-order valence-electron chi connectivity index (χ0n) is 11.4. The zero-order chi connectivity index (χ0) is 13.7. The van der Waals surface area contributed by atoms with Crippen molar-refractivity contribution in [1.82, 2.24) is 14.9 Å². The third kappa shape index (κ3) is 4.21. The van der Waals surface area contributed by atoms with Crippen molar-refractivity contribution in [2.24, 2.45) is 0 Å². The van der Waals surface area contributed by atoms with Gasteiger partial charge in [-0.1, -0.05) is 18.0 Å². The van der Waals surface area contributed by atoms with Crippen molar-refractivity contribution in [2.75, 3.05) is 30.7 Å². The quantitative estimate of drug-likeness (QED) is 0.812. The van der Waals surface area contributed by atoms with Gasteiger partial charge < -0.3 is 16.0 Å². The molecule has 2 rings (SSSR count). The van der Waals surface area contributed by atoms with E-state index in [-0.39, 0.29) is 5.95 Å². The van der Waals surface area contributed by atoms with Crippen molar-refractivity contribution in [3.05, 3.63) is 11.2 Å². The van der Waals surface area contributed by atoms with Gasteiger partial charge in [-0.15, -0.1) is 0 Å².